The van der Waals surface area contributed by atoms with Crippen molar-refractivity contribution in [3.8, 4) is 0 Å². The van der Waals surface area contributed by atoms with Gasteiger partial charge in [0, 0.05) is 11.1 Å². The largest absolute Gasteiger partial charge is 0.456 e. The number of rotatable bonds is 7. The molecule has 1 aromatic carbocycles. The van der Waals surface area contributed by atoms with Gasteiger partial charge in [-0.05, 0) is 53.7 Å². The third kappa shape index (κ3) is 4.41. The topological polar surface area (TPSA) is 111 Å². The predicted molar refractivity (Wildman–Crippen MR) is 114 cm³/mol. The molecule has 2 saturated carbocycles. The van der Waals surface area contributed by atoms with Gasteiger partial charge in [-0.1, -0.05) is 44.5 Å². The molecule has 3 amide bonds. The van der Waals surface area contributed by atoms with E-state index in [2.05, 4.69) is 31.4 Å². The summed E-state index contributed by atoms with van der Waals surface area (Å²) in [6, 6.07) is 5.37. The van der Waals surface area contributed by atoms with Gasteiger partial charge in [0.25, 0.3) is 5.91 Å². The van der Waals surface area contributed by atoms with Crippen LogP contribution in [0.5, 0.6) is 0 Å². The normalized spacial score (nSPS) is 27.3. The van der Waals surface area contributed by atoms with Gasteiger partial charge in [0.2, 0.25) is 0 Å². The number of carbonyl (C=O) groups excluding carboxylic acids is 3. The van der Waals surface area contributed by atoms with Gasteiger partial charge in [0.05, 0.1) is 12.5 Å². The van der Waals surface area contributed by atoms with Gasteiger partial charge in [-0.3, -0.25) is 9.59 Å². The number of hydrogen-bond acceptors (Lipinski definition) is 4. The molecule has 0 radical (unpaired) electrons. The van der Waals surface area contributed by atoms with Gasteiger partial charge in [-0.25, -0.2) is 4.79 Å². The fraction of sp³-hybridized carbons (Fsp3) is 0.591. The molecule has 4 unspecified atom stereocenters. The van der Waals surface area contributed by atoms with E-state index < -0.39 is 18.0 Å². The van der Waals surface area contributed by atoms with Crippen molar-refractivity contribution in [3.63, 3.8) is 0 Å². The number of fused-ring (bicyclic) bond motifs is 2. The number of benzene rings is 1. The third-order valence-electron chi connectivity index (χ3n) is 7.45. The minimum absolute atomic E-state index is 0.0580. The maximum atomic E-state index is 12.4. The van der Waals surface area contributed by atoms with E-state index in [9.17, 15) is 14.4 Å². The quantitative estimate of drug-likeness (QED) is 0.570. The number of ether oxygens (including phenoxy) is 1. The van der Waals surface area contributed by atoms with E-state index in [1.807, 2.05) is 0 Å². The fourth-order valence-corrected chi connectivity index (χ4v) is 5.27. The molecule has 0 spiro atoms. The van der Waals surface area contributed by atoms with Crippen molar-refractivity contribution in [1.82, 2.24) is 10.6 Å². The molecule has 2 bridgehead atoms. The average molecular weight is 436 g/mol. The van der Waals surface area contributed by atoms with E-state index in [0.29, 0.717) is 16.5 Å². The van der Waals surface area contributed by atoms with E-state index in [1.165, 1.54) is 6.42 Å². The zero-order valence-corrected chi connectivity index (χ0v) is 18.4. The molecule has 8 heteroatoms. The number of esters is 1. The van der Waals surface area contributed by atoms with E-state index in [-0.39, 0.29) is 35.8 Å². The van der Waals surface area contributed by atoms with E-state index in [0.717, 1.165) is 12.8 Å². The van der Waals surface area contributed by atoms with Gasteiger partial charge in [0.15, 0.2) is 6.61 Å². The molecule has 2 aliphatic carbocycles. The lowest BCUT2D eigenvalue weighted by Gasteiger charge is -2.39. The molecule has 1 aromatic rings. The summed E-state index contributed by atoms with van der Waals surface area (Å²) in [5.41, 5.74) is 6.13. The highest BCUT2D eigenvalue weighted by Crippen LogP contribution is 2.65. The van der Waals surface area contributed by atoms with Crippen molar-refractivity contribution in [2.45, 2.75) is 58.5 Å². The number of nitrogens with one attached hydrogen (secondary N) is 2. The molecule has 0 saturated heterocycles. The van der Waals surface area contributed by atoms with Crippen LogP contribution in [0.2, 0.25) is 5.02 Å². The van der Waals surface area contributed by atoms with Crippen molar-refractivity contribution in [2.75, 3.05) is 6.61 Å². The van der Waals surface area contributed by atoms with Crippen LogP contribution in [0.3, 0.4) is 0 Å². The summed E-state index contributed by atoms with van der Waals surface area (Å²) in [6.07, 6.45) is 3.11. The molecule has 30 heavy (non-hydrogen) atoms. The Morgan fingerprint density at radius 1 is 1.23 bits per heavy atom. The zero-order valence-electron chi connectivity index (χ0n) is 17.7. The maximum absolute atomic E-state index is 12.4. The fourth-order valence-electron chi connectivity index (χ4n) is 5.15. The number of primary amides is 1. The van der Waals surface area contributed by atoms with Gasteiger partial charge in [-0.15, -0.1) is 0 Å². The summed E-state index contributed by atoms with van der Waals surface area (Å²) in [5.74, 6) is -0.294. The molecule has 0 aliphatic heterocycles. The number of nitrogens with two attached hydrogens (primary N) is 1. The Bertz CT molecular complexity index is 826. The first-order valence-corrected chi connectivity index (χ1v) is 10.7. The van der Waals surface area contributed by atoms with Crippen LogP contribution in [0.15, 0.2) is 24.3 Å². The first-order chi connectivity index (χ1) is 14.0. The second-order valence-corrected chi connectivity index (χ2v) is 9.64. The van der Waals surface area contributed by atoms with E-state index in [1.54, 1.807) is 24.3 Å². The van der Waals surface area contributed by atoms with Crippen LogP contribution >= 0.6 is 11.6 Å². The number of halogens is 1. The molecular weight excluding hydrogens is 406 g/mol. The first-order valence-electron chi connectivity index (χ1n) is 10.3. The molecule has 0 aromatic heterocycles. The van der Waals surface area contributed by atoms with Crippen molar-refractivity contribution in [2.24, 2.45) is 22.5 Å². The third-order valence-corrected chi connectivity index (χ3v) is 7.71. The Kier molecular flexibility index (Phi) is 6.32. The Balaban J connectivity index is 1.52. The van der Waals surface area contributed by atoms with Gasteiger partial charge < -0.3 is 21.1 Å². The lowest BCUT2D eigenvalue weighted by molar-refractivity contribution is -0.149. The lowest BCUT2D eigenvalue weighted by Crippen LogP contribution is -2.48. The highest BCUT2D eigenvalue weighted by Gasteiger charge is 2.61. The zero-order chi connectivity index (χ0) is 22.1. The number of carbonyl (C=O) groups is 3. The summed E-state index contributed by atoms with van der Waals surface area (Å²) in [4.78, 5) is 36.0. The van der Waals surface area contributed by atoms with Crippen molar-refractivity contribution < 1.29 is 19.1 Å². The summed E-state index contributed by atoms with van der Waals surface area (Å²) in [6.45, 7) is 6.45. The minimum Gasteiger partial charge on any atom is -0.456 e. The van der Waals surface area contributed by atoms with Crippen molar-refractivity contribution >= 4 is 29.5 Å². The van der Waals surface area contributed by atoms with E-state index >= 15 is 0 Å². The maximum Gasteiger partial charge on any atom is 0.312 e. The second kappa shape index (κ2) is 8.46. The highest BCUT2D eigenvalue weighted by molar-refractivity contribution is 6.30. The smallest absolute Gasteiger partial charge is 0.312 e. The summed E-state index contributed by atoms with van der Waals surface area (Å²) >= 11 is 5.88. The number of amides is 3. The molecule has 4 atom stereocenters. The number of hydrogen-bond donors (Lipinski definition) is 3. The molecule has 2 aliphatic rings. The molecule has 4 N–H and O–H groups in total. The molecule has 2 fully saturated rings. The summed E-state index contributed by atoms with van der Waals surface area (Å²) in [7, 11) is 0. The minimum atomic E-state index is -0.757. The molecule has 0 heterocycles. The predicted octanol–water partition coefficient (Wildman–Crippen LogP) is 3.31. The standard InChI is InChI=1S/C22H30ClN3O4/c1-21(2)14-8-9-22(21,3)17(10-14)26-18(27)12-30-19(28)11-16(25-20(24)29)13-4-6-15(23)7-5-13/h4-7,14,16-17H,8-12H2,1-3H3,(H,26,27)(H3,24,25,29). The van der Waals surface area contributed by atoms with Crippen LogP contribution in [0.4, 0.5) is 4.79 Å². The molecular formula is C22H30ClN3O4. The monoisotopic (exact) mass is 435 g/mol. The molecule has 7 nitrogen and oxygen atoms in total. The van der Waals surface area contributed by atoms with Crippen LogP contribution in [-0.4, -0.2) is 30.6 Å². The highest BCUT2D eigenvalue weighted by atomic mass is 35.5. The Hall–Kier alpha value is -2.28. The number of urea groups is 1. The van der Waals surface area contributed by atoms with Crippen LogP contribution < -0.4 is 16.4 Å². The second-order valence-electron chi connectivity index (χ2n) is 9.21. The van der Waals surface area contributed by atoms with Crippen LogP contribution in [-0.2, 0) is 14.3 Å². The summed E-state index contributed by atoms with van der Waals surface area (Å²) < 4.78 is 5.17. The molecule has 164 valence electrons. The Labute approximate surface area is 182 Å². The van der Waals surface area contributed by atoms with Crippen LogP contribution in [0.25, 0.3) is 0 Å². The average Bonchev–Trinajstić information content (AvgIpc) is 2.99. The van der Waals surface area contributed by atoms with Gasteiger partial charge >= 0.3 is 12.0 Å². The van der Waals surface area contributed by atoms with Crippen LogP contribution in [0.1, 0.15) is 58.1 Å². The Morgan fingerprint density at radius 3 is 2.43 bits per heavy atom. The summed E-state index contributed by atoms with van der Waals surface area (Å²) in [5, 5.41) is 6.12. The van der Waals surface area contributed by atoms with Gasteiger partial charge in [0.1, 0.15) is 0 Å². The first kappa shape index (κ1) is 22.4. The SMILES string of the molecule is CC1(C)C2CCC1(C)C(NC(=O)COC(=O)CC(NC(N)=O)c1ccc(Cl)cc1)C2. The van der Waals surface area contributed by atoms with Crippen LogP contribution in [0, 0.1) is 16.7 Å². The lowest BCUT2D eigenvalue weighted by atomic mass is 9.69. The van der Waals surface area contributed by atoms with Crippen molar-refractivity contribution in [1.29, 1.82) is 0 Å². The van der Waals surface area contributed by atoms with Crippen molar-refractivity contribution in [3.05, 3.63) is 34.9 Å². The van der Waals surface area contributed by atoms with Gasteiger partial charge in [-0.2, -0.15) is 0 Å². The Morgan fingerprint density at radius 2 is 1.90 bits per heavy atom. The van der Waals surface area contributed by atoms with E-state index in [4.69, 9.17) is 22.1 Å². The molecule has 3 rings (SSSR count).